The van der Waals surface area contributed by atoms with E-state index in [-0.39, 0.29) is 10.8 Å². The molecule has 0 bridgehead atoms. The summed E-state index contributed by atoms with van der Waals surface area (Å²) in [5.74, 6) is -0.331. The van der Waals surface area contributed by atoms with Crippen molar-refractivity contribution in [1.29, 1.82) is 0 Å². The number of hydrogen-bond donors (Lipinski definition) is 1. The number of hydrogen-bond acceptors (Lipinski definition) is 4. The van der Waals surface area contributed by atoms with Crippen molar-refractivity contribution in [3.8, 4) is 5.69 Å². The second-order valence-electron chi connectivity index (χ2n) is 7.33. The van der Waals surface area contributed by atoms with Crippen molar-refractivity contribution < 1.29 is 13.2 Å². The van der Waals surface area contributed by atoms with E-state index < -0.39 is 10.0 Å². The second kappa shape index (κ2) is 8.41. The average Bonchev–Trinajstić information content (AvgIpc) is 3.14. The Balaban J connectivity index is 1.93. The number of aromatic nitrogens is 2. The van der Waals surface area contributed by atoms with E-state index in [1.54, 1.807) is 29.9 Å². The minimum absolute atomic E-state index is 0.163. The van der Waals surface area contributed by atoms with Gasteiger partial charge in [-0.25, -0.2) is 17.4 Å². The van der Waals surface area contributed by atoms with Gasteiger partial charge in [0.05, 0.1) is 28.0 Å². The van der Waals surface area contributed by atoms with E-state index in [4.69, 9.17) is 0 Å². The van der Waals surface area contributed by atoms with Gasteiger partial charge in [-0.1, -0.05) is 30.7 Å². The van der Waals surface area contributed by atoms with Gasteiger partial charge in [0.25, 0.3) is 5.91 Å². The second-order valence-corrected chi connectivity index (χ2v) is 9.45. The van der Waals surface area contributed by atoms with Crippen LogP contribution in [0.1, 0.15) is 34.1 Å². The van der Waals surface area contributed by atoms with Crippen LogP contribution in [0.25, 0.3) is 5.69 Å². The zero-order chi connectivity index (χ0) is 22.1. The van der Waals surface area contributed by atoms with Crippen molar-refractivity contribution in [2.45, 2.75) is 32.1 Å². The van der Waals surface area contributed by atoms with Gasteiger partial charge in [-0.3, -0.25) is 4.79 Å². The van der Waals surface area contributed by atoms with Gasteiger partial charge in [0.2, 0.25) is 10.0 Å². The zero-order valence-electron chi connectivity index (χ0n) is 17.8. The molecule has 0 saturated carbocycles. The van der Waals surface area contributed by atoms with Crippen molar-refractivity contribution in [3.05, 3.63) is 71.0 Å². The Labute approximate surface area is 177 Å². The molecule has 0 aliphatic heterocycles. The topological polar surface area (TPSA) is 84.3 Å². The first kappa shape index (κ1) is 21.7. The standard InChI is InChI=1S/C22H26N4O3S/c1-6-20-19(14-23-26(20)18-11-7-15(2)8-12-18)22(27)24-17-10-9-16(3)21(13-17)30(28,29)25(4)5/h7-14H,6H2,1-5H3,(H,24,27). The molecule has 1 amide bonds. The van der Waals surface area contributed by atoms with E-state index >= 15 is 0 Å². The number of nitrogens with zero attached hydrogens (tertiary/aromatic N) is 3. The number of rotatable bonds is 6. The van der Waals surface area contributed by atoms with Crippen molar-refractivity contribution in [2.24, 2.45) is 0 Å². The molecular weight excluding hydrogens is 400 g/mol. The van der Waals surface area contributed by atoms with Crippen LogP contribution < -0.4 is 5.32 Å². The molecule has 0 aliphatic rings. The van der Waals surface area contributed by atoms with Gasteiger partial charge in [0.1, 0.15) is 0 Å². The lowest BCUT2D eigenvalue weighted by atomic mass is 10.1. The number of carbonyl (C=O) groups is 1. The predicted molar refractivity (Wildman–Crippen MR) is 118 cm³/mol. The Kier molecular flexibility index (Phi) is 6.09. The lowest BCUT2D eigenvalue weighted by Gasteiger charge is -2.15. The Morgan fingerprint density at radius 1 is 1.10 bits per heavy atom. The van der Waals surface area contributed by atoms with Crippen molar-refractivity contribution >= 4 is 21.6 Å². The third-order valence-corrected chi connectivity index (χ3v) is 6.89. The van der Waals surface area contributed by atoms with Gasteiger partial charge in [-0.2, -0.15) is 5.10 Å². The minimum atomic E-state index is -3.61. The van der Waals surface area contributed by atoms with E-state index in [9.17, 15) is 13.2 Å². The normalized spacial score (nSPS) is 11.7. The van der Waals surface area contributed by atoms with Gasteiger partial charge in [-0.05, 0) is 50.1 Å². The quantitative estimate of drug-likeness (QED) is 0.653. The highest BCUT2D eigenvalue weighted by atomic mass is 32.2. The van der Waals surface area contributed by atoms with Crippen LogP contribution in [0.2, 0.25) is 0 Å². The molecule has 3 rings (SSSR count). The summed E-state index contributed by atoms with van der Waals surface area (Å²) in [4.78, 5) is 13.1. The van der Waals surface area contributed by atoms with Crippen LogP contribution in [-0.2, 0) is 16.4 Å². The molecule has 0 unspecified atom stereocenters. The highest BCUT2D eigenvalue weighted by Crippen LogP contribution is 2.24. The number of amides is 1. The maximum Gasteiger partial charge on any atom is 0.259 e. The Hall–Kier alpha value is -2.97. The van der Waals surface area contributed by atoms with Gasteiger partial charge in [-0.15, -0.1) is 0 Å². The summed E-state index contributed by atoms with van der Waals surface area (Å²) in [5.41, 5.74) is 4.29. The predicted octanol–water partition coefficient (Wildman–Crippen LogP) is 3.55. The Morgan fingerprint density at radius 3 is 2.37 bits per heavy atom. The van der Waals surface area contributed by atoms with Crippen LogP contribution >= 0.6 is 0 Å². The van der Waals surface area contributed by atoms with E-state index in [0.29, 0.717) is 23.2 Å². The summed E-state index contributed by atoms with van der Waals surface area (Å²) >= 11 is 0. The molecular formula is C22H26N4O3S. The fourth-order valence-corrected chi connectivity index (χ4v) is 4.31. The van der Waals surface area contributed by atoms with Crippen molar-refractivity contribution in [2.75, 3.05) is 19.4 Å². The summed E-state index contributed by atoms with van der Waals surface area (Å²) in [5, 5.41) is 7.21. The van der Waals surface area contributed by atoms with Gasteiger partial charge >= 0.3 is 0 Å². The first-order valence-corrected chi connectivity index (χ1v) is 11.1. The zero-order valence-corrected chi connectivity index (χ0v) is 18.6. The fourth-order valence-electron chi connectivity index (χ4n) is 3.16. The van der Waals surface area contributed by atoms with E-state index in [2.05, 4.69) is 10.4 Å². The van der Waals surface area contributed by atoms with Crippen LogP contribution in [0.15, 0.2) is 53.6 Å². The lowest BCUT2D eigenvalue weighted by molar-refractivity contribution is 0.102. The van der Waals surface area contributed by atoms with Crippen LogP contribution in [0, 0.1) is 13.8 Å². The van der Waals surface area contributed by atoms with Gasteiger partial charge in [0, 0.05) is 19.8 Å². The average molecular weight is 427 g/mol. The molecule has 7 nitrogen and oxygen atoms in total. The molecule has 8 heteroatoms. The summed E-state index contributed by atoms with van der Waals surface area (Å²) in [6.45, 7) is 5.70. The molecule has 3 aromatic rings. The van der Waals surface area contributed by atoms with Crippen LogP contribution in [0.5, 0.6) is 0 Å². The number of benzene rings is 2. The van der Waals surface area contributed by atoms with Crippen molar-refractivity contribution in [3.63, 3.8) is 0 Å². The number of carbonyl (C=O) groups excluding carboxylic acids is 1. The number of aryl methyl sites for hydroxylation is 2. The Morgan fingerprint density at radius 2 is 1.77 bits per heavy atom. The summed E-state index contributed by atoms with van der Waals surface area (Å²) in [6.07, 6.45) is 2.16. The molecule has 0 aliphatic carbocycles. The third-order valence-electron chi connectivity index (χ3n) is 4.93. The SMILES string of the molecule is CCc1c(C(=O)Nc2ccc(C)c(S(=O)(=O)N(C)C)c2)cnn1-c1ccc(C)cc1. The fraction of sp³-hybridized carbons (Fsp3) is 0.273. The number of nitrogens with one attached hydrogen (secondary N) is 1. The van der Waals surface area contributed by atoms with Gasteiger partial charge in [0.15, 0.2) is 0 Å². The molecule has 158 valence electrons. The maximum absolute atomic E-state index is 12.9. The molecule has 1 heterocycles. The lowest BCUT2D eigenvalue weighted by Crippen LogP contribution is -2.23. The highest BCUT2D eigenvalue weighted by molar-refractivity contribution is 7.89. The van der Waals surface area contributed by atoms with Crippen molar-refractivity contribution in [1.82, 2.24) is 14.1 Å². The largest absolute Gasteiger partial charge is 0.322 e. The summed E-state index contributed by atoms with van der Waals surface area (Å²) in [6, 6.07) is 12.8. The summed E-state index contributed by atoms with van der Waals surface area (Å²) in [7, 11) is -0.655. The maximum atomic E-state index is 12.9. The molecule has 1 aromatic heterocycles. The molecule has 0 spiro atoms. The minimum Gasteiger partial charge on any atom is -0.322 e. The molecule has 0 saturated heterocycles. The molecule has 0 fully saturated rings. The molecule has 0 atom stereocenters. The monoisotopic (exact) mass is 426 g/mol. The first-order valence-electron chi connectivity index (χ1n) is 9.63. The summed E-state index contributed by atoms with van der Waals surface area (Å²) < 4.78 is 28.0. The molecule has 1 N–H and O–H groups in total. The van der Waals surface area contributed by atoms with Gasteiger partial charge < -0.3 is 5.32 Å². The molecule has 30 heavy (non-hydrogen) atoms. The van der Waals surface area contributed by atoms with Crippen LogP contribution in [0.3, 0.4) is 0 Å². The molecule has 2 aromatic carbocycles. The first-order chi connectivity index (χ1) is 14.1. The van der Waals surface area contributed by atoms with Crippen LogP contribution in [0.4, 0.5) is 5.69 Å². The highest BCUT2D eigenvalue weighted by Gasteiger charge is 2.22. The Bertz CT molecular complexity index is 1180. The van der Waals surface area contributed by atoms with Crippen LogP contribution in [-0.4, -0.2) is 42.5 Å². The number of anilines is 1. The molecule has 0 radical (unpaired) electrons. The number of sulfonamides is 1. The van der Waals surface area contributed by atoms with E-state index in [0.717, 1.165) is 21.2 Å². The third kappa shape index (κ3) is 4.15. The van der Waals surface area contributed by atoms with E-state index in [1.807, 2.05) is 38.1 Å². The smallest absolute Gasteiger partial charge is 0.259 e. The van der Waals surface area contributed by atoms with E-state index in [1.165, 1.54) is 20.2 Å².